The van der Waals surface area contributed by atoms with E-state index in [1.807, 2.05) is 0 Å². The van der Waals surface area contributed by atoms with Crippen molar-refractivity contribution in [3.05, 3.63) is 16.6 Å². The highest BCUT2D eigenvalue weighted by atomic mass is 32.1. The number of hydrogen-bond acceptors (Lipinski definition) is 5. The van der Waals surface area contributed by atoms with Crippen LogP contribution in [0.5, 0.6) is 0 Å². The summed E-state index contributed by atoms with van der Waals surface area (Å²) in [5, 5.41) is 14.0. The van der Waals surface area contributed by atoms with E-state index in [-0.39, 0.29) is 12.4 Å². The number of carbonyl (C=O) groups excluding carboxylic acids is 1. The normalized spacial score (nSPS) is 10.4. The Bertz CT molecular complexity index is 262. The topological polar surface area (TPSA) is 62.2 Å². The fraction of sp³-hybridized carbons (Fsp3) is 0.556. The molecular formula is C9H14N2O2S. The van der Waals surface area contributed by atoms with Crippen LogP contribution in [0.15, 0.2) is 11.6 Å². The van der Waals surface area contributed by atoms with Crippen LogP contribution in [0.3, 0.4) is 0 Å². The molecule has 0 fully saturated rings. The standard InChI is InChI=1S/C9H14N2O2S/c12-6-1-3-10-4-2-8(13)9-11-5-7-14-9/h5,7,10,12H,1-4,6H2. The number of thiazole rings is 1. The molecule has 0 radical (unpaired) electrons. The van der Waals surface area contributed by atoms with Crippen LogP contribution in [0.1, 0.15) is 22.6 Å². The van der Waals surface area contributed by atoms with E-state index in [1.165, 1.54) is 11.3 Å². The van der Waals surface area contributed by atoms with Gasteiger partial charge in [-0.2, -0.15) is 0 Å². The number of carbonyl (C=O) groups is 1. The lowest BCUT2D eigenvalue weighted by Gasteiger charge is -2.00. The van der Waals surface area contributed by atoms with Gasteiger partial charge in [0.15, 0.2) is 10.8 Å². The Kier molecular flexibility index (Phi) is 5.36. The number of nitrogens with one attached hydrogen (secondary N) is 1. The average molecular weight is 214 g/mol. The fourth-order valence-electron chi connectivity index (χ4n) is 0.999. The summed E-state index contributed by atoms with van der Waals surface area (Å²) in [6, 6.07) is 0. The molecule has 0 aliphatic heterocycles. The zero-order valence-electron chi connectivity index (χ0n) is 7.90. The third kappa shape index (κ3) is 3.95. The lowest BCUT2D eigenvalue weighted by molar-refractivity contribution is 0.0982. The molecule has 4 nitrogen and oxygen atoms in total. The molecule has 0 aliphatic carbocycles. The molecule has 0 unspecified atom stereocenters. The minimum Gasteiger partial charge on any atom is -0.396 e. The molecule has 5 heteroatoms. The van der Waals surface area contributed by atoms with Gasteiger partial charge in [0.1, 0.15) is 0 Å². The van der Waals surface area contributed by atoms with Gasteiger partial charge in [0, 0.05) is 31.1 Å². The van der Waals surface area contributed by atoms with Gasteiger partial charge in [0.25, 0.3) is 0 Å². The quantitative estimate of drug-likeness (QED) is 0.518. The number of ketones is 1. The number of aliphatic hydroxyl groups is 1. The lowest BCUT2D eigenvalue weighted by Crippen LogP contribution is -2.20. The molecule has 0 bridgehead atoms. The molecule has 1 rings (SSSR count). The van der Waals surface area contributed by atoms with Crippen molar-refractivity contribution in [1.82, 2.24) is 10.3 Å². The van der Waals surface area contributed by atoms with Crippen LogP contribution in [0.25, 0.3) is 0 Å². The van der Waals surface area contributed by atoms with E-state index in [0.29, 0.717) is 18.0 Å². The first-order valence-electron chi connectivity index (χ1n) is 4.59. The highest BCUT2D eigenvalue weighted by Gasteiger charge is 2.06. The Labute approximate surface area is 87.0 Å². The summed E-state index contributed by atoms with van der Waals surface area (Å²) < 4.78 is 0. The molecule has 0 amide bonds. The lowest BCUT2D eigenvalue weighted by atomic mass is 10.3. The van der Waals surface area contributed by atoms with E-state index >= 15 is 0 Å². The van der Waals surface area contributed by atoms with Crippen molar-refractivity contribution in [3.63, 3.8) is 0 Å². The average Bonchev–Trinajstić information content (AvgIpc) is 2.70. The first-order valence-corrected chi connectivity index (χ1v) is 5.47. The second-order valence-corrected chi connectivity index (χ2v) is 3.73. The van der Waals surface area contributed by atoms with Gasteiger partial charge in [-0.3, -0.25) is 4.79 Å². The van der Waals surface area contributed by atoms with Crippen molar-refractivity contribution in [2.45, 2.75) is 12.8 Å². The van der Waals surface area contributed by atoms with Crippen molar-refractivity contribution < 1.29 is 9.90 Å². The van der Waals surface area contributed by atoms with Gasteiger partial charge >= 0.3 is 0 Å². The van der Waals surface area contributed by atoms with Crippen LogP contribution in [-0.2, 0) is 0 Å². The van der Waals surface area contributed by atoms with Crippen LogP contribution < -0.4 is 5.32 Å². The Morgan fingerprint density at radius 3 is 3.07 bits per heavy atom. The van der Waals surface area contributed by atoms with Gasteiger partial charge in [-0.1, -0.05) is 0 Å². The number of Topliss-reactive ketones (excluding diaryl/α,β-unsaturated/α-hetero) is 1. The minimum atomic E-state index is 0.0801. The zero-order chi connectivity index (χ0) is 10.2. The van der Waals surface area contributed by atoms with Crippen molar-refractivity contribution >= 4 is 17.1 Å². The summed E-state index contributed by atoms with van der Waals surface area (Å²) in [7, 11) is 0. The predicted molar refractivity (Wildman–Crippen MR) is 55.6 cm³/mol. The summed E-state index contributed by atoms with van der Waals surface area (Å²) in [6.45, 7) is 1.59. The number of aromatic nitrogens is 1. The monoisotopic (exact) mass is 214 g/mol. The van der Waals surface area contributed by atoms with Gasteiger partial charge in [-0.15, -0.1) is 11.3 Å². The maximum Gasteiger partial charge on any atom is 0.192 e. The second kappa shape index (κ2) is 6.64. The summed E-state index contributed by atoms with van der Waals surface area (Å²) in [4.78, 5) is 15.3. The van der Waals surface area contributed by atoms with Crippen LogP contribution in [0.4, 0.5) is 0 Å². The van der Waals surface area contributed by atoms with Crippen LogP contribution in [0, 0.1) is 0 Å². The van der Waals surface area contributed by atoms with Crippen molar-refractivity contribution in [2.75, 3.05) is 19.7 Å². The summed E-state index contributed by atoms with van der Waals surface area (Å²) in [6.07, 6.45) is 2.83. The van der Waals surface area contributed by atoms with E-state index in [0.717, 1.165) is 13.0 Å². The summed E-state index contributed by atoms with van der Waals surface area (Å²) >= 11 is 1.37. The smallest absolute Gasteiger partial charge is 0.192 e. The Morgan fingerprint density at radius 2 is 2.43 bits per heavy atom. The molecule has 0 spiro atoms. The molecule has 0 aromatic carbocycles. The van der Waals surface area contributed by atoms with E-state index in [4.69, 9.17) is 5.11 Å². The van der Waals surface area contributed by atoms with Crippen LogP contribution in [-0.4, -0.2) is 35.6 Å². The molecule has 0 saturated heterocycles. The largest absolute Gasteiger partial charge is 0.396 e. The van der Waals surface area contributed by atoms with Crippen molar-refractivity contribution in [1.29, 1.82) is 0 Å². The molecule has 78 valence electrons. The van der Waals surface area contributed by atoms with Crippen LogP contribution in [0.2, 0.25) is 0 Å². The Balaban J connectivity index is 2.10. The number of rotatable bonds is 7. The van der Waals surface area contributed by atoms with Gasteiger partial charge in [-0.25, -0.2) is 4.98 Å². The Hall–Kier alpha value is -0.780. The maximum absolute atomic E-state index is 11.4. The first-order chi connectivity index (χ1) is 6.84. The molecule has 1 aromatic heterocycles. The van der Waals surface area contributed by atoms with Gasteiger partial charge in [0.05, 0.1) is 0 Å². The minimum absolute atomic E-state index is 0.0801. The Morgan fingerprint density at radius 1 is 1.57 bits per heavy atom. The molecule has 14 heavy (non-hydrogen) atoms. The highest BCUT2D eigenvalue weighted by molar-refractivity contribution is 7.11. The van der Waals surface area contributed by atoms with E-state index in [9.17, 15) is 4.79 Å². The highest BCUT2D eigenvalue weighted by Crippen LogP contribution is 2.06. The molecule has 1 aromatic rings. The van der Waals surface area contributed by atoms with Crippen molar-refractivity contribution in [3.8, 4) is 0 Å². The van der Waals surface area contributed by atoms with Crippen LogP contribution >= 0.6 is 11.3 Å². The SMILES string of the molecule is O=C(CCNCCCO)c1nccs1. The predicted octanol–water partition coefficient (Wildman–Crippen LogP) is 0.688. The van der Waals surface area contributed by atoms with E-state index < -0.39 is 0 Å². The van der Waals surface area contributed by atoms with Crippen molar-refractivity contribution in [2.24, 2.45) is 0 Å². The van der Waals surface area contributed by atoms with E-state index in [1.54, 1.807) is 11.6 Å². The fourth-order valence-corrected chi connectivity index (χ4v) is 1.60. The summed E-state index contributed by atoms with van der Waals surface area (Å²) in [5.74, 6) is 0.0801. The number of hydrogen-bond donors (Lipinski definition) is 2. The first kappa shape index (κ1) is 11.3. The molecule has 0 atom stereocenters. The van der Waals surface area contributed by atoms with Gasteiger partial charge in [0.2, 0.25) is 0 Å². The van der Waals surface area contributed by atoms with Gasteiger partial charge in [-0.05, 0) is 13.0 Å². The van der Waals surface area contributed by atoms with Gasteiger partial charge < -0.3 is 10.4 Å². The summed E-state index contributed by atoms with van der Waals surface area (Å²) in [5.41, 5.74) is 0. The maximum atomic E-state index is 11.4. The molecule has 0 aliphatic rings. The zero-order valence-corrected chi connectivity index (χ0v) is 8.72. The molecule has 0 saturated carbocycles. The number of aliphatic hydroxyl groups excluding tert-OH is 1. The molecular weight excluding hydrogens is 200 g/mol. The van der Waals surface area contributed by atoms with E-state index in [2.05, 4.69) is 10.3 Å². The molecule has 1 heterocycles. The third-order valence-electron chi connectivity index (χ3n) is 1.71. The molecule has 2 N–H and O–H groups in total. The second-order valence-electron chi connectivity index (χ2n) is 2.84. The number of nitrogens with zero attached hydrogens (tertiary/aromatic N) is 1. The third-order valence-corrected chi connectivity index (χ3v) is 2.53.